The Morgan fingerprint density at radius 3 is 2.71 bits per heavy atom. The van der Waals surface area contributed by atoms with E-state index >= 15 is 0 Å². The van der Waals surface area contributed by atoms with Gasteiger partial charge in [0.1, 0.15) is 5.76 Å². The summed E-state index contributed by atoms with van der Waals surface area (Å²) in [7, 11) is 1.99. The Hall–Kier alpha value is -1.19. The second-order valence-electron chi connectivity index (χ2n) is 3.87. The highest BCUT2D eigenvalue weighted by Gasteiger charge is 2.14. The van der Waals surface area contributed by atoms with E-state index in [2.05, 4.69) is 35.8 Å². The van der Waals surface area contributed by atoms with Crippen LogP contribution >= 0.6 is 11.8 Å². The van der Waals surface area contributed by atoms with Crippen LogP contribution in [0.2, 0.25) is 0 Å². The Bertz CT molecular complexity index is 453. The molecule has 0 amide bonds. The topological polar surface area (TPSA) is 25.2 Å². The number of benzene rings is 1. The molecule has 1 atom stereocenters. The van der Waals surface area contributed by atoms with Gasteiger partial charge in [-0.2, -0.15) is 0 Å². The van der Waals surface area contributed by atoms with Gasteiger partial charge in [0.2, 0.25) is 0 Å². The molecular formula is C14H17NOS. The number of thioether (sulfide) groups is 1. The average molecular weight is 247 g/mol. The van der Waals surface area contributed by atoms with Crippen LogP contribution in [0, 0.1) is 0 Å². The Balaban J connectivity index is 2.22. The van der Waals surface area contributed by atoms with Crippen molar-refractivity contribution in [1.82, 2.24) is 5.32 Å². The summed E-state index contributed by atoms with van der Waals surface area (Å²) in [5.74, 6) is 1.01. The zero-order valence-electron chi connectivity index (χ0n) is 10.1. The lowest BCUT2D eigenvalue weighted by molar-refractivity contribution is 0.463. The summed E-state index contributed by atoms with van der Waals surface area (Å²) < 4.78 is 5.41. The highest BCUT2D eigenvalue weighted by atomic mass is 32.2. The molecule has 0 fully saturated rings. The molecule has 0 saturated heterocycles. The van der Waals surface area contributed by atoms with Crippen LogP contribution in [0.5, 0.6) is 0 Å². The zero-order valence-corrected chi connectivity index (χ0v) is 11.0. The summed E-state index contributed by atoms with van der Waals surface area (Å²) in [6.07, 6.45) is 4.71. The number of likely N-dealkylation sites (N-methyl/N-ethyl adjacent to an activating group) is 1. The second-order valence-corrected chi connectivity index (χ2v) is 4.71. The van der Waals surface area contributed by atoms with Gasteiger partial charge in [-0.25, -0.2) is 0 Å². The zero-order chi connectivity index (χ0) is 12.1. The molecule has 0 saturated carbocycles. The molecule has 0 radical (unpaired) electrons. The minimum Gasteiger partial charge on any atom is -0.469 e. The van der Waals surface area contributed by atoms with Crippen molar-refractivity contribution >= 4 is 11.8 Å². The quantitative estimate of drug-likeness (QED) is 0.819. The predicted molar refractivity (Wildman–Crippen MR) is 72.4 cm³/mol. The summed E-state index contributed by atoms with van der Waals surface area (Å²) in [6.45, 7) is 0. The van der Waals surface area contributed by atoms with Crippen molar-refractivity contribution < 1.29 is 4.42 Å². The minimum atomic E-state index is 0.296. The van der Waals surface area contributed by atoms with Crippen LogP contribution < -0.4 is 5.32 Å². The molecule has 1 aromatic heterocycles. The summed E-state index contributed by atoms with van der Waals surface area (Å²) in [5, 5.41) is 3.36. The third-order valence-corrected chi connectivity index (χ3v) is 3.66. The molecule has 1 aromatic carbocycles. The van der Waals surface area contributed by atoms with Crippen molar-refractivity contribution in [3.05, 3.63) is 54.0 Å². The van der Waals surface area contributed by atoms with Crippen LogP contribution in [0.15, 0.2) is 52.0 Å². The van der Waals surface area contributed by atoms with Crippen LogP contribution in [0.25, 0.3) is 0 Å². The smallest absolute Gasteiger partial charge is 0.105 e. The molecule has 0 spiro atoms. The molecule has 0 aliphatic carbocycles. The fraction of sp³-hybridized carbons (Fsp3) is 0.286. The van der Waals surface area contributed by atoms with E-state index in [0.717, 1.165) is 12.2 Å². The molecular weight excluding hydrogens is 230 g/mol. The van der Waals surface area contributed by atoms with Crippen molar-refractivity contribution in [2.75, 3.05) is 13.3 Å². The van der Waals surface area contributed by atoms with Gasteiger partial charge >= 0.3 is 0 Å². The predicted octanol–water partition coefficient (Wildman–Crippen LogP) is 3.50. The maximum absolute atomic E-state index is 5.41. The van der Waals surface area contributed by atoms with E-state index in [-0.39, 0.29) is 0 Å². The first-order valence-electron chi connectivity index (χ1n) is 5.67. The molecule has 90 valence electrons. The van der Waals surface area contributed by atoms with E-state index in [4.69, 9.17) is 4.42 Å². The van der Waals surface area contributed by atoms with Gasteiger partial charge in [-0.15, -0.1) is 11.8 Å². The minimum absolute atomic E-state index is 0.296. The van der Waals surface area contributed by atoms with E-state index < -0.39 is 0 Å². The van der Waals surface area contributed by atoms with E-state index in [1.54, 1.807) is 18.0 Å². The van der Waals surface area contributed by atoms with Crippen molar-refractivity contribution in [3.8, 4) is 0 Å². The summed E-state index contributed by atoms with van der Waals surface area (Å²) in [4.78, 5) is 1.32. The van der Waals surface area contributed by atoms with Gasteiger partial charge in [0.25, 0.3) is 0 Å². The molecule has 3 heteroatoms. The van der Waals surface area contributed by atoms with Crippen LogP contribution in [0.1, 0.15) is 17.4 Å². The fourth-order valence-corrected chi connectivity index (χ4v) is 2.61. The van der Waals surface area contributed by atoms with Crippen molar-refractivity contribution in [2.24, 2.45) is 0 Å². The molecule has 1 unspecified atom stereocenters. The van der Waals surface area contributed by atoms with E-state index in [1.165, 1.54) is 10.5 Å². The monoisotopic (exact) mass is 247 g/mol. The maximum Gasteiger partial charge on any atom is 0.105 e. The summed E-state index contributed by atoms with van der Waals surface area (Å²) in [5.41, 5.74) is 1.33. The van der Waals surface area contributed by atoms with E-state index in [0.29, 0.717) is 6.04 Å². The fourth-order valence-electron chi connectivity index (χ4n) is 1.95. The van der Waals surface area contributed by atoms with Gasteiger partial charge in [-0.3, -0.25) is 0 Å². The SMILES string of the molecule is CNC(Cc1ccco1)c1ccccc1SC. The summed E-state index contributed by atoms with van der Waals surface area (Å²) in [6, 6.07) is 12.7. The van der Waals surface area contributed by atoms with Gasteiger partial charge in [0, 0.05) is 17.4 Å². The van der Waals surface area contributed by atoms with Gasteiger partial charge < -0.3 is 9.73 Å². The molecule has 1 N–H and O–H groups in total. The lowest BCUT2D eigenvalue weighted by atomic mass is 10.0. The second kappa shape index (κ2) is 5.94. The Labute approximate surface area is 106 Å². The maximum atomic E-state index is 5.41. The molecule has 1 heterocycles. The number of nitrogens with one attached hydrogen (secondary N) is 1. The lowest BCUT2D eigenvalue weighted by Crippen LogP contribution is -2.19. The molecule has 17 heavy (non-hydrogen) atoms. The van der Waals surface area contributed by atoms with E-state index in [1.807, 2.05) is 19.2 Å². The van der Waals surface area contributed by atoms with Gasteiger partial charge in [-0.05, 0) is 37.1 Å². The molecule has 2 nitrogen and oxygen atoms in total. The number of hydrogen-bond donors (Lipinski definition) is 1. The lowest BCUT2D eigenvalue weighted by Gasteiger charge is -2.18. The first-order chi connectivity index (χ1) is 8.35. The van der Waals surface area contributed by atoms with Crippen molar-refractivity contribution in [1.29, 1.82) is 0 Å². The standard InChI is InChI=1S/C14H17NOS/c1-15-13(10-11-6-5-9-16-11)12-7-3-4-8-14(12)17-2/h3-9,13,15H,10H2,1-2H3. The Kier molecular flexibility index (Phi) is 4.29. The van der Waals surface area contributed by atoms with Gasteiger partial charge in [0.15, 0.2) is 0 Å². The highest BCUT2D eigenvalue weighted by molar-refractivity contribution is 7.98. The van der Waals surface area contributed by atoms with Gasteiger partial charge in [0.05, 0.1) is 6.26 Å². The first-order valence-corrected chi connectivity index (χ1v) is 6.90. The largest absolute Gasteiger partial charge is 0.469 e. The van der Waals surface area contributed by atoms with Crippen LogP contribution in [-0.4, -0.2) is 13.3 Å². The number of rotatable bonds is 5. The third-order valence-electron chi connectivity index (χ3n) is 2.85. The van der Waals surface area contributed by atoms with Crippen LogP contribution in [0.3, 0.4) is 0 Å². The van der Waals surface area contributed by atoms with Crippen molar-refractivity contribution in [3.63, 3.8) is 0 Å². The van der Waals surface area contributed by atoms with E-state index in [9.17, 15) is 0 Å². The van der Waals surface area contributed by atoms with Crippen LogP contribution in [0.4, 0.5) is 0 Å². The average Bonchev–Trinajstić information content (AvgIpc) is 2.89. The molecule has 0 bridgehead atoms. The van der Waals surface area contributed by atoms with Gasteiger partial charge in [-0.1, -0.05) is 18.2 Å². The molecule has 0 aliphatic rings. The van der Waals surface area contributed by atoms with Crippen LogP contribution in [-0.2, 0) is 6.42 Å². The Morgan fingerprint density at radius 2 is 2.06 bits per heavy atom. The molecule has 0 aliphatic heterocycles. The third kappa shape index (κ3) is 2.93. The summed E-state index contributed by atoms with van der Waals surface area (Å²) >= 11 is 1.78. The highest BCUT2D eigenvalue weighted by Crippen LogP contribution is 2.27. The molecule has 2 aromatic rings. The van der Waals surface area contributed by atoms with Crippen molar-refractivity contribution in [2.45, 2.75) is 17.4 Å². The normalized spacial score (nSPS) is 12.6. The first kappa shape index (κ1) is 12.3. The molecule has 2 rings (SSSR count). The number of furan rings is 1. The Morgan fingerprint density at radius 1 is 1.24 bits per heavy atom. The number of hydrogen-bond acceptors (Lipinski definition) is 3.